The van der Waals surface area contributed by atoms with E-state index in [0.29, 0.717) is 11.4 Å². The van der Waals surface area contributed by atoms with E-state index in [1.165, 1.54) is 18.2 Å². The zero-order valence-electron chi connectivity index (χ0n) is 13.1. The smallest absolute Gasteiger partial charge is 0.335 e. The van der Waals surface area contributed by atoms with Crippen molar-refractivity contribution in [3.8, 4) is 11.8 Å². The van der Waals surface area contributed by atoms with E-state index >= 15 is 0 Å². The maximum Gasteiger partial charge on any atom is 0.335 e. The number of hydrogen-bond acceptors (Lipinski definition) is 2. The minimum Gasteiger partial charge on any atom is -0.478 e. The van der Waals surface area contributed by atoms with Gasteiger partial charge < -0.3 is 9.67 Å². The molecule has 0 unspecified atom stereocenters. The van der Waals surface area contributed by atoms with Gasteiger partial charge in [0.15, 0.2) is 0 Å². The van der Waals surface area contributed by atoms with E-state index in [0.717, 1.165) is 0 Å². The largest absolute Gasteiger partial charge is 0.478 e. The molecule has 0 atom stereocenters. The number of nitriles is 1. The molecule has 122 valence electrons. The summed E-state index contributed by atoms with van der Waals surface area (Å²) in [6.45, 7) is 0. The Kier molecular flexibility index (Phi) is 4.44. The lowest BCUT2D eigenvalue weighted by Gasteiger charge is -2.08. The Hall–Kier alpha value is -3.65. The number of carboxylic acids is 1. The van der Waals surface area contributed by atoms with Gasteiger partial charge in [0.05, 0.1) is 17.2 Å². The Morgan fingerprint density at radius 1 is 1.12 bits per heavy atom. The Bertz CT molecular complexity index is 1010. The van der Waals surface area contributed by atoms with Gasteiger partial charge in [-0.3, -0.25) is 0 Å². The van der Waals surface area contributed by atoms with E-state index in [9.17, 15) is 14.4 Å². The molecule has 3 aromatic rings. The second-order valence-electron chi connectivity index (χ2n) is 5.31. The van der Waals surface area contributed by atoms with Crippen LogP contribution in [0.2, 0.25) is 0 Å². The van der Waals surface area contributed by atoms with E-state index in [4.69, 9.17) is 5.11 Å². The maximum atomic E-state index is 14.0. The number of hydrogen-bond donors (Lipinski definition) is 1. The molecule has 0 radical (unpaired) electrons. The minimum absolute atomic E-state index is 0.163. The quantitative estimate of drug-likeness (QED) is 0.721. The van der Waals surface area contributed by atoms with Crippen LogP contribution in [0.1, 0.15) is 21.6 Å². The van der Waals surface area contributed by atoms with Crippen LogP contribution in [0.25, 0.3) is 17.3 Å². The van der Waals surface area contributed by atoms with Gasteiger partial charge in [-0.15, -0.1) is 0 Å². The van der Waals surface area contributed by atoms with Crippen LogP contribution in [-0.2, 0) is 0 Å². The summed E-state index contributed by atoms with van der Waals surface area (Å²) in [5.74, 6) is -1.49. The van der Waals surface area contributed by atoms with Crippen LogP contribution in [0.5, 0.6) is 0 Å². The summed E-state index contributed by atoms with van der Waals surface area (Å²) in [7, 11) is 0. The molecule has 0 fully saturated rings. The van der Waals surface area contributed by atoms with E-state index in [-0.39, 0.29) is 16.7 Å². The number of aromatic carboxylic acids is 1. The van der Waals surface area contributed by atoms with Crippen molar-refractivity contribution >= 4 is 17.6 Å². The molecule has 25 heavy (non-hydrogen) atoms. The van der Waals surface area contributed by atoms with Crippen LogP contribution < -0.4 is 0 Å². The Morgan fingerprint density at radius 3 is 2.64 bits per heavy atom. The number of halogens is 1. The summed E-state index contributed by atoms with van der Waals surface area (Å²) in [4.78, 5) is 11.1. The monoisotopic (exact) mass is 332 g/mol. The second-order valence-corrected chi connectivity index (χ2v) is 5.31. The standard InChI is InChI=1S/C20H13FN2O2/c21-19-9-2-1-8-18(19)15(13-22)12-17-7-4-10-23(17)16-6-3-5-14(11-16)20(24)25/h1-12H,(H,24,25). The number of benzene rings is 2. The molecule has 2 aromatic carbocycles. The molecule has 1 heterocycles. The Labute approximate surface area is 143 Å². The normalized spacial score (nSPS) is 11.1. The summed E-state index contributed by atoms with van der Waals surface area (Å²) in [5.41, 5.74) is 1.85. The molecule has 4 nitrogen and oxygen atoms in total. The molecule has 1 N–H and O–H groups in total. The third kappa shape index (κ3) is 3.33. The molecular formula is C20H13FN2O2. The molecule has 0 aliphatic heterocycles. The Balaban J connectivity index is 2.08. The molecule has 0 bridgehead atoms. The van der Waals surface area contributed by atoms with Gasteiger partial charge in [0.1, 0.15) is 5.82 Å². The van der Waals surface area contributed by atoms with E-state index in [2.05, 4.69) is 0 Å². The first-order chi connectivity index (χ1) is 12.1. The first kappa shape index (κ1) is 16.2. The third-order valence-corrected chi connectivity index (χ3v) is 3.73. The lowest BCUT2D eigenvalue weighted by molar-refractivity contribution is 0.0697. The van der Waals surface area contributed by atoms with Crippen LogP contribution in [0.15, 0.2) is 66.9 Å². The van der Waals surface area contributed by atoms with Crippen LogP contribution in [-0.4, -0.2) is 15.6 Å². The fraction of sp³-hybridized carbons (Fsp3) is 0. The van der Waals surface area contributed by atoms with Gasteiger partial charge in [0.2, 0.25) is 0 Å². The zero-order chi connectivity index (χ0) is 17.8. The summed E-state index contributed by atoms with van der Waals surface area (Å²) >= 11 is 0. The lowest BCUT2D eigenvalue weighted by atomic mass is 10.1. The van der Waals surface area contributed by atoms with Gasteiger partial charge in [-0.05, 0) is 42.5 Å². The van der Waals surface area contributed by atoms with E-state index < -0.39 is 11.8 Å². The Morgan fingerprint density at radius 2 is 1.92 bits per heavy atom. The van der Waals surface area contributed by atoms with Gasteiger partial charge in [-0.1, -0.05) is 24.3 Å². The fourth-order valence-electron chi connectivity index (χ4n) is 2.53. The number of carboxylic acid groups (broad SMARTS) is 1. The summed E-state index contributed by atoms with van der Waals surface area (Å²) in [6.07, 6.45) is 3.33. The number of nitrogens with zero attached hydrogens (tertiary/aromatic N) is 2. The SMILES string of the molecule is N#CC(=Cc1cccn1-c1cccc(C(=O)O)c1)c1ccccc1F. The highest BCUT2D eigenvalue weighted by Crippen LogP contribution is 2.23. The highest BCUT2D eigenvalue weighted by molar-refractivity contribution is 5.90. The van der Waals surface area contributed by atoms with Gasteiger partial charge in [0, 0.05) is 23.1 Å². The predicted molar refractivity (Wildman–Crippen MR) is 92.6 cm³/mol. The molecule has 5 heteroatoms. The maximum absolute atomic E-state index is 14.0. The van der Waals surface area contributed by atoms with Crippen molar-refractivity contribution in [2.45, 2.75) is 0 Å². The van der Waals surface area contributed by atoms with Crippen LogP contribution >= 0.6 is 0 Å². The summed E-state index contributed by atoms with van der Waals surface area (Å²) in [5, 5.41) is 18.5. The molecule has 0 aliphatic carbocycles. The van der Waals surface area contributed by atoms with Gasteiger partial charge in [0.25, 0.3) is 0 Å². The van der Waals surface area contributed by atoms with Crippen LogP contribution in [0, 0.1) is 17.1 Å². The summed E-state index contributed by atoms with van der Waals surface area (Å²) in [6, 6.07) is 18.1. The minimum atomic E-state index is -1.02. The fourth-order valence-corrected chi connectivity index (χ4v) is 2.53. The molecule has 0 saturated heterocycles. The zero-order valence-corrected chi connectivity index (χ0v) is 13.1. The number of rotatable bonds is 4. The molecule has 0 aliphatic rings. The van der Waals surface area contributed by atoms with Crippen LogP contribution in [0.3, 0.4) is 0 Å². The second kappa shape index (κ2) is 6.85. The molecular weight excluding hydrogens is 319 g/mol. The number of allylic oxidation sites excluding steroid dienone is 1. The van der Waals surface area contributed by atoms with Crippen molar-refractivity contribution in [1.29, 1.82) is 5.26 Å². The average Bonchev–Trinajstić information content (AvgIpc) is 3.08. The van der Waals surface area contributed by atoms with Crippen molar-refractivity contribution in [3.63, 3.8) is 0 Å². The number of aromatic nitrogens is 1. The topological polar surface area (TPSA) is 66.0 Å². The molecule has 0 spiro atoms. The van der Waals surface area contributed by atoms with E-state index in [1.807, 2.05) is 6.07 Å². The van der Waals surface area contributed by atoms with Gasteiger partial charge in [-0.25, -0.2) is 9.18 Å². The lowest BCUT2D eigenvalue weighted by Crippen LogP contribution is -2.00. The van der Waals surface area contributed by atoms with Crippen molar-refractivity contribution < 1.29 is 14.3 Å². The van der Waals surface area contributed by atoms with Crippen LogP contribution in [0.4, 0.5) is 4.39 Å². The molecule has 3 rings (SSSR count). The first-order valence-electron chi connectivity index (χ1n) is 7.48. The highest BCUT2D eigenvalue weighted by atomic mass is 19.1. The third-order valence-electron chi connectivity index (χ3n) is 3.73. The van der Waals surface area contributed by atoms with E-state index in [1.54, 1.807) is 59.3 Å². The van der Waals surface area contributed by atoms with Crippen molar-refractivity contribution in [2.24, 2.45) is 0 Å². The first-order valence-corrected chi connectivity index (χ1v) is 7.48. The number of carbonyl (C=O) groups is 1. The van der Waals surface area contributed by atoms with Gasteiger partial charge in [-0.2, -0.15) is 5.26 Å². The van der Waals surface area contributed by atoms with Crippen molar-refractivity contribution in [2.75, 3.05) is 0 Å². The molecule has 0 amide bonds. The molecule has 1 aromatic heterocycles. The van der Waals surface area contributed by atoms with Crippen molar-refractivity contribution in [1.82, 2.24) is 4.57 Å². The average molecular weight is 332 g/mol. The predicted octanol–water partition coefficient (Wildman–Crippen LogP) is 4.38. The molecule has 0 saturated carbocycles. The van der Waals surface area contributed by atoms with Crippen molar-refractivity contribution in [3.05, 3.63) is 89.5 Å². The van der Waals surface area contributed by atoms with Gasteiger partial charge >= 0.3 is 5.97 Å². The summed E-state index contributed by atoms with van der Waals surface area (Å²) < 4.78 is 15.7. The highest BCUT2D eigenvalue weighted by Gasteiger charge is 2.10.